The molecule has 2 N–H and O–H groups in total. The Labute approximate surface area is 123 Å². The monoisotopic (exact) mass is 300 g/mol. The first-order valence-corrected chi connectivity index (χ1v) is 6.29. The molecule has 1 saturated heterocycles. The number of benzene rings is 1. The first kappa shape index (κ1) is 14.9. The van der Waals surface area contributed by atoms with Crippen LogP contribution in [0.2, 0.25) is 0 Å². The molecule has 0 aliphatic carbocycles. The standard InChI is InChI=1S/C13H16N2O4.ClH/c1-8-12(14-4-5-17-8)13(16)15-9-2-3-10-11(6-9)19-7-18-10;/h2-3,6,8,12,14H,4-5,7H2,1H3,(H,15,16);1H/t8-,12+;/m1./s1. The van der Waals surface area contributed by atoms with Crippen molar-refractivity contribution >= 4 is 24.0 Å². The van der Waals surface area contributed by atoms with E-state index in [9.17, 15) is 4.79 Å². The van der Waals surface area contributed by atoms with Gasteiger partial charge in [0.2, 0.25) is 12.7 Å². The maximum atomic E-state index is 12.2. The number of morpholine rings is 1. The van der Waals surface area contributed by atoms with Crippen LogP contribution in [0.15, 0.2) is 18.2 Å². The van der Waals surface area contributed by atoms with Crippen LogP contribution < -0.4 is 20.1 Å². The highest BCUT2D eigenvalue weighted by atomic mass is 35.5. The quantitative estimate of drug-likeness (QED) is 0.857. The van der Waals surface area contributed by atoms with Crippen LogP contribution in [0, 0.1) is 0 Å². The molecule has 7 heteroatoms. The molecule has 2 atom stereocenters. The molecule has 0 spiro atoms. The summed E-state index contributed by atoms with van der Waals surface area (Å²) in [5, 5.41) is 6.00. The van der Waals surface area contributed by atoms with Crippen molar-refractivity contribution < 1.29 is 19.0 Å². The van der Waals surface area contributed by atoms with Crippen molar-refractivity contribution in [2.75, 3.05) is 25.3 Å². The van der Waals surface area contributed by atoms with Gasteiger partial charge in [-0.05, 0) is 19.1 Å². The van der Waals surface area contributed by atoms with E-state index in [1.165, 1.54) is 0 Å². The van der Waals surface area contributed by atoms with Crippen LogP contribution in [0.5, 0.6) is 11.5 Å². The summed E-state index contributed by atoms with van der Waals surface area (Å²) < 4.78 is 16.0. The van der Waals surface area contributed by atoms with Crippen LogP contribution >= 0.6 is 12.4 Å². The third-order valence-electron chi connectivity index (χ3n) is 3.24. The smallest absolute Gasteiger partial charge is 0.244 e. The van der Waals surface area contributed by atoms with Gasteiger partial charge in [0.1, 0.15) is 6.04 Å². The molecule has 1 fully saturated rings. The summed E-state index contributed by atoms with van der Waals surface area (Å²) in [5.41, 5.74) is 0.689. The summed E-state index contributed by atoms with van der Waals surface area (Å²) in [6.07, 6.45) is -0.136. The molecule has 3 rings (SSSR count). The lowest BCUT2D eigenvalue weighted by atomic mass is 10.1. The summed E-state index contributed by atoms with van der Waals surface area (Å²) in [4.78, 5) is 12.2. The lowest BCUT2D eigenvalue weighted by molar-refractivity contribution is -0.123. The fourth-order valence-corrected chi connectivity index (χ4v) is 2.22. The molecule has 2 aliphatic heterocycles. The molecule has 1 aromatic rings. The number of rotatable bonds is 2. The summed E-state index contributed by atoms with van der Waals surface area (Å²) >= 11 is 0. The largest absolute Gasteiger partial charge is 0.454 e. The first-order valence-electron chi connectivity index (χ1n) is 6.29. The number of carbonyl (C=O) groups is 1. The molecular formula is C13H17ClN2O4. The highest BCUT2D eigenvalue weighted by Gasteiger charge is 2.28. The fraction of sp³-hybridized carbons (Fsp3) is 0.462. The molecular weight excluding hydrogens is 284 g/mol. The number of halogens is 1. The summed E-state index contributed by atoms with van der Waals surface area (Å²) in [6.45, 7) is 3.43. The van der Waals surface area contributed by atoms with Gasteiger partial charge >= 0.3 is 0 Å². The van der Waals surface area contributed by atoms with E-state index >= 15 is 0 Å². The van der Waals surface area contributed by atoms with E-state index in [0.717, 1.165) is 0 Å². The first-order chi connectivity index (χ1) is 9.24. The molecule has 2 heterocycles. The third kappa shape index (κ3) is 2.98. The van der Waals surface area contributed by atoms with E-state index in [-0.39, 0.29) is 37.3 Å². The highest BCUT2D eigenvalue weighted by Crippen LogP contribution is 2.34. The topological polar surface area (TPSA) is 68.8 Å². The number of ether oxygens (including phenoxy) is 3. The zero-order valence-corrected chi connectivity index (χ0v) is 11.9. The highest BCUT2D eigenvalue weighted by molar-refractivity contribution is 5.95. The van der Waals surface area contributed by atoms with Gasteiger partial charge in [0.25, 0.3) is 0 Å². The van der Waals surface area contributed by atoms with E-state index in [2.05, 4.69) is 10.6 Å². The maximum absolute atomic E-state index is 12.2. The van der Waals surface area contributed by atoms with Crippen molar-refractivity contribution in [3.8, 4) is 11.5 Å². The van der Waals surface area contributed by atoms with Crippen molar-refractivity contribution in [3.63, 3.8) is 0 Å². The normalized spacial score (nSPS) is 23.9. The number of hydrogen-bond donors (Lipinski definition) is 2. The van der Waals surface area contributed by atoms with Crippen LogP contribution in [0.25, 0.3) is 0 Å². The lowest BCUT2D eigenvalue weighted by Crippen LogP contribution is -2.53. The molecule has 0 aromatic heterocycles. The third-order valence-corrected chi connectivity index (χ3v) is 3.24. The number of fused-ring (bicyclic) bond motifs is 1. The van der Waals surface area contributed by atoms with E-state index in [1.807, 2.05) is 6.92 Å². The lowest BCUT2D eigenvalue weighted by Gasteiger charge is -2.29. The number of nitrogens with one attached hydrogen (secondary N) is 2. The Morgan fingerprint density at radius 2 is 2.15 bits per heavy atom. The van der Waals surface area contributed by atoms with Gasteiger partial charge in [0, 0.05) is 18.3 Å². The van der Waals surface area contributed by atoms with Gasteiger partial charge in [0.05, 0.1) is 12.7 Å². The second-order valence-electron chi connectivity index (χ2n) is 4.56. The van der Waals surface area contributed by atoms with Gasteiger partial charge in [-0.3, -0.25) is 4.79 Å². The van der Waals surface area contributed by atoms with Gasteiger partial charge in [-0.15, -0.1) is 12.4 Å². The Morgan fingerprint density at radius 1 is 1.35 bits per heavy atom. The molecule has 6 nitrogen and oxygen atoms in total. The summed E-state index contributed by atoms with van der Waals surface area (Å²) in [6, 6.07) is 5.00. The summed E-state index contributed by atoms with van der Waals surface area (Å²) in [7, 11) is 0. The SMILES string of the molecule is C[C@H]1OCCN[C@@H]1C(=O)Nc1ccc2c(c1)OCO2.Cl. The van der Waals surface area contributed by atoms with Crippen LogP contribution in [0.1, 0.15) is 6.92 Å². The molecule has 110 valence electrons. The van der Waals surface area contributed by atoms with Crippen molar-refractivity contribution in [3.05, 3.63) is 18.2 Å². The molecule has 0 bridgehead atoms. The molecule has 20 heavy (non-hydrogen) atoms. The van der Waals surface area contributed by atoms with Crippen molar-refractivity contribution in [1.29, 1.82) is 0 Å². The summed E-state index contributed by atoms with van der Waals surface area (Å²) in [5.74, 6) is 1.25. The fourth-order valence-electron chi connectivity index (χ4n) is 2.22. The predicted molar refractivity (Wildman–Crippen MR) is 75.6 cm³/mol. The van der Waals surface area contributed by atoms with Gasteiger partial charge in [-0.1, -0.05) is 0 Å². The average molecular weight is 301 g/mol. The van der Waals surface area contributed by atoms with Crippen LogP contribution in [0.3, 0.4) is 0 Å². The molecule has 0 radical (unpaired) electrons. The predicted octanol–water partition coefficient (Wildman–Crippen LogP) is 1.15. The van der Waals surface area contributed by atoms with Gasteiger partial charge in [-0.2, -0.15) is 0 Å². The zero-order valence-electron chi connectivity index (χ0n) is 11.0. The van der Waals surface area contributed by atoms with Gasteiger partial charge in [-0.25, -0.2) is 0 Å². The number of amides is 1. The second-order valence-corrected chi connectivity index (χ2v) is 4.56. The number of hydrogen-bond acceptors (Lipinski definition) is 5. The average Bonchev–Trinajstić information content (AvgIpc) is 2.86. The van der Waals surface area contributed by atoms with Crippen LogP contribution in [-0.4, -0.2) is 38.0 Å². The molecule has 2 aliphatic rings. The Hall–Kier alpha value is -1.50. The molecule has 0 unspecified atom stereocenters. The van der Waals surface area contributed by atoms with E-state index < -0.39 is 0 Å². The van der Waals surface area contributed by atoms with E-state index in [4.69, 9.17) is 14.2 Å². The zero-order chi connectivity index (χ0) is 13.2. The minimum absolute atomic E-state index is 0. The Bertz CT molecular complexity index is 497. The van der Waals surface area contributed by atoms with E-state index in [1.54, 1.807) is 18.2 Å². The van der Waals surface area contributed by atoms with Crippen molar-refractivity contribution in [1.82, 2.24) is 5.32 Å². The number of carbonyl (C=O) groups excluding carboxylic acids is 1. The minimum atomic E-state index is -0.334. The molecule has 1 aromatic carbocycles. The van der Waals surface area contributed by atoms with Gasteiger partial charge in [0.15, 0.2) is 11.5 Å². The Balaban J connectivity index is 0.00000147. The second kappa shape index (κ2) is 6.30. The van der Waals surface area contributed by atoms with Gasteiger partial charge < -0.3 is 24.8 Å². The van der Waals surface area contributed by atoms with E-state index in [0.29, 0.717) is 30.3 Å². The Morgan fingerprint density at radius 3 is 2.95 bits per heavy atom. The Kier molecular flexibility index (Phi) is 4.69. The molecule has 1 amide bonds. The minimum Gasteiger partial charge on any atom is -0.454 e. The number of anilines is 1. The van der Waals surface area contributed by atoms with Crippen molar-refractivity contribution in [2.45, 2.75) is 19.1 Å². The molecule has 0 saturated carbocycles. The maximum Gasteiger partial charge on any atom is 0.244 e. The van der Waals surface area contributed by atoms with Crippen molar-refractivity contribution in [2.24, 2.45) is 0 Å². The van der Waals surface area contributed by atoms with Crippen LogP contribution in [-0.2, 0) is 9.53 Å². The van der Waals surface area contributed by atoms with Crippen LogP contribution in [0.4, 0.5) is 5.69 Å².